The third kappa shape index (κ3) is 3.91. The second-order valence-corrected chi connectivity index (χ2v) is 8.17. The normalized spacial score (nSPS) is 17.0. The van der Waals surface area contributed by atoms with Gasteiger partial charge in [0.15, 0.2) is 0 Å². The predicted octanol–water partition coefficient (Wildman–Crippen LogP) is 3.95. The molecule has 3 N–H and O–H groups in total. The summed E-state index contributed by atoms with van der Waals surface area (Å²) in [6.07, 6.45) is 2.50. The molecule has 1 atom stereocenters. The zero-order valence-corrected chi connectivity index (χ0v) is 15.8. The highest BCUT2D eigenvalue weighted by atomic mass is 79.9. The SMILES string of the molecule is Cl.Nc1ccc2c(c1)CCCC2NS(=O)(=O)c1ccc(F)c(Br)c1. The van der Waals surface area contributed by atoms with E-state index in [4.69, 9.17) is 5.73 Å². The first-order valence-corrected chi connectivity index (χ1v) is 9.50. The Balaban J connectivity index is 0.00000208. The van der Waals surface area contributed by atoms with Crippen molar-refractivity contribution in [1.29, 1.82) is 0 Å². The first-order valence-electron chi connectivity index (χ1n) is 7.22. The molecule has 0 aromatic heterocycles. The van der Waals surface area contributed by atoms with Gasteiger partial charge in [-0.15, -0.1) is 12.4 Å². The Bertz CT molecular complexity index is 861. The van der Waals surface area contributed by atoms with Crippen molar-refractivity contribution in [2.75, 3.05) is 5.73 Å². The van der Waals surface area contributed by atoms with Crippen molar-refractivity contribution >= 4 is 44.0 Å². The van der Waals surface area contributed by atoms with Crippen molar-refractivity contribution in [3.05, 3.63) is 57.8 Å². The van der Waals surface area contributed by atoms with Crippen LogP contribution >= 0.6 is 28.3 Å². The van der Waals surface area contributed by atoms with E-state index >= 15 is 0 Å². The van der Waals surface area contributed by atoms with Crippen LogP contribution < -0.4 is 10.5 Å². The maximum Gasteiger partial charge on any atom is 0.241 e. The number of benzene rings is 2. The molecule has 1 aliphatic rings. The van der Waals surface area contributed by atoms with E-state index in [9.17, 15) is 12.8 Å². The minimum Gasteiger partial charge on any atom is -0.399 e. The molecule has 0 saturated carbocycles. The molecule has 130 valence electrons. The van der Waals surface area contributed by atoms with Crippen LogP contribution in [0.1, 0.15) is 30.0 Å². The third-order valence-corrected chi connectivity index (χ3v) is 6.06. The molecule has 0 amide bonds. The van der Waals surface area contributed by atoms with Gasteiger partial charge < -0.3 is 5.73 Å². The van der Waals surface area contributed by atoms with Crippen molar-refractivity contribution in [2.45, 2.75) is 30.2 Å². The van der Waals surface area contributed by atoms with E-state index in [0.717, 1.165) is 36.5 Å². The molecule has 24 heavy (non-hydrogen) atoms. The standard InChI is InChI=1S/C16H16BrFN2O2S.ClH/c17-14-9-12(5-7-15(14)18)23(21,22)20-16-3-1-2-10-8-11(19)4-6-13(10)16;/h4-9,16,20H,1-3,19H2;1H. The average Bonchev–Trinajstić information content (AvgIpc) is 2.49. The van der Waals surface area contributed by atoms with Gasteiger partial charge in [0.1, 0.15) is 5.82 Å². The molecule has 0 saturated heterocycles. The Morgan fingerprint density at radius 1 is 1.21 bits per heavy atom. The Morgan fingerprint density at radius 2 is 1.96 bits per heavy atom. The van der Waals surface area contributed by atoms with Crippen molar-refractivity contribution in [1.82, 2.24) is 4.72 Å². The smallest absolute Gasteiger partial charge is 0.241 e. The predicted molar refractivity (Wildman–Crippen MR) is 98.2 cm³/mol. The highest BCUT2D eigenvalue weighted by molar-refractivity contribution is 9.10. The Kier molecular flexibility index (Phi) is 5.91. The lowest BCUT2D eigenvalue weighted by Crippen LogP contribution is -2.31. The van der Waals surface area contributed by atoms with Gasteiger partial charge in [0.25, 0.3) is 0 Å². The van der Waals surface area contributed by atoms with Gasteiger partial charge in [0.05, 0.1) is 9.37 Å². The van der Waals surface area contributed by atoms with Crippen molar-refractivity contribution in [2.24, 2.45) is 0 Å². The fourth-order valence-electron chi connectivity index (χ4n) is 2.86. The van der Waals surface area contributed by atoms with Crippen molar-refractivity contribution in [3.63, 3.8) is 0 Å². The lowest BCUT2D eigenvalue weighted by atomic mass is 9.88. The molecule has 3 rings (SSSR count). The Hall–Kier alpha value is -1.15. The van der Waals surface area contributed by atoms with Gasteiger partial charge in [-0.2, -0.15) is 0 Å². The van der Waals surface area contributed by atoms with Gasteiger partial charge in [-0.25, -0.2) is 17.5 Å². The number of fused-ring (bicyclic) bond motifs is 1. The summed E-state index contributed by atoms with van der Waals surface area (Å²) in [6.45, 7) is 0. The molecule has 0 radical (unpaired) electrons. The number of halogens is 3. The number of anilines is 1. The van der Waals surface area contributed by atoms with E-state index in [0.29, 0.717) is 5.69 Å². The average molecular weight is 436 g/mol. The number of rotatable bonds is 3. The molecule has 0 aliphatic heterocycles. The van der Waals surface area contributed by atoms with E-state index in [1.807, 2.05) is 12.1 Å². The maximum absolute atomic E-state index is 13.3. The van der Waals surface area contributed by atoms with Crippen LogP contribution in [0.25, 0.3) is 0 Å². The molecule has 4 nitrogen and oxygen atoms in total. The molecule has 0 heterocycles. The lowest BCUT2D eigenvalue weighted by molar-refractivity contribution is 0.507. The molecule has 0 bridgehead atoms. The minimum atomic E-state index is -3.73. The summed E-state index contributed by atoms with van der Waals surface area (Å²) in [4.78, 5) is 0.0355. The topological polar surface area (TPSA) is 72.2 Å². The molecule has 2 aromatic rings. The molecule has 1 aliphatic carbocycles. The van der Waals surface area contributed by atoms with Crippen LogP contribution in [-0.4, -0.2) is 8.42 Å². The van der Waals surface area contributed by atoms with Crippen LogP contribution in [0.4, 0.5) is 10.1 Å². The lowest BCUT2D eigenvalue weighted by Gasteiger charge is -2.26. The minimum absolute atomic E-state index is 0. The highest BCUT2D eigenvalue weighted by Crippen LogP contribution is 2.32. The number of nitrogens with one attached hydrogen (secondary N) is 1. The van der Waals surface area contributed by atoms with E-state index in [2.05, 4.69) is 20.7 Å². The quantitative estimate of drug-likeness (QED) is 0.717. The van der Waals surface area contributed by atoms with Crippen LogP contribution in [0.5, 0.6) is 0 Å². The van der Waals surface area contributed by atoms with E-state index in [-0.39, 0.29) is 27.8 Å². The van der Waals surface area contributed by atoms with Crippen LogP contribution in [0.3, 0.4) is 0 Å². The van der Waals surface area contributed by atoms with E-state index in [1.165, 1.54) is 12.1 Å². The second-order valence-electron chi connectivity index (χ2n) is 5.60. The molecule has 2 aromatic carbocycles. The monoisotopic (exact) mass is 434 g/mol. The van der Waals surface area contributed by atoms with Gasteiger partial charge in [-0.05, 0) is 76.7 Å². The molecule has 0 spiro atoms. The van der Waals surface area contributed by atoms with Crippen molar-refractivity contribution in [3.8, 4) is 0 Å². The summed E-state index contributed by atoms with van der Waals surface area (Å²) in [5.74, 6) is -0.498. The van der Waals surface area contributed by atoms with Gasteiger partial charge in [0, 0.05) is 11.7 Å². The zero-order valence-electron chi connectivity index (χ0n) is 12.6. The number of nitrogens with two attached hydrogens (primary N) is 1. The van der Waals surface area contributed by atoms with Gasteiger partial charge in [-0.3, -0.25) is 0 Å². The summed E-state index contributed by atoms with van der Waals surface area (Å²) >= 11 is 3.02. The molecule has 8 heteroatoms. The van der Waals surface area contributed by atoms with E-state index < -0.39 is 15.8 Å². The molecular weight excluding hydrogens is 419 g/mol. The van der Waals surface area contributed by atoms with Crippen LogP contribution in [0.15, 0.2) is 45.8 Å². The largest absolute Gasteiger partial charge is 0.399 e. The third-order valence-electron chi connectivity index (χ3n) is 3.98. The fraction of sp³-hybridized carbons (Fsp3) is 0.250. The second kappa shape index (κ2) is 7.39. The van der Waals surface area contributed by atoms with Crippen LogP contribution in [0, 0.1) is 5.82 Å². The zero-order chi connectivity index (χ0) is 16.6. The summed E-state index contributed by atoms with van der Waals surface area (Å²) in [5.41, 5.74) is 8.50. The van der Waals surface area contributed by atoms with E-state index in [1.54, 1.807) is 6.07 Å². The summed E-state index contributed by atoms with van der Waals surface area (Å²) < 4.78 is 41.3. The number of sulfonamides is 1. The summed E-state index contributed by atoms with van der Waals surface area (Å²) in [6, 6.07) is 8.91. The summed E-state index contributed by atoms with van der Waals surface area (Å²) in [7, 11) is -3.73. The number of nitrogen functional groups attached to an aromatic ring is 1. The Labute approximate surface area is 155 Å². The van der Waals surface area contributed by atoms with Crippen LogP contribution in [0.2, 0.25) is 0 Å². The summed E-state index contributed by atoms with van der Waals surface area (Å²) in [5, 5.41) is 0. The first kappa shape index (κ1) is 19.2. The van der Waals surface area contributed by atoms with Crippen molar-refractivity contribution < 1.29 is 12.8 Å². The fourth-order valence-corrected chi connectivity index (χ4v) is 4.66. The number of hydrogen-bond acceptors (Lipinski definition) is 3. The Morgan fingerprint density at radius 3 is 2.67 bits per heavy atom. The number of hydrogen-bond donors (Lipinski definition) is 2. The number of aryl methyl sites for hydroxylation is 1. The maximum atomic E-state index is 13.3. The van der Waals surface area contributed by atoms with Gasteiger partial charge in [0.2, 0.25) is 10.0 Å². The van der Waals surface area contributed by atoms with Gasteiger partial charge in [-0.1, -0.05) is 6.07 Å². The van der Waals surface area contributed by atoms with Crippen LogP contribution in [-0.2, 0) is 16.4 Å². The molecule has 0 fully saturated rings. The molecular formula is C16H17BrClFN2O2S. The molecule has 1 unspecified atom stereocenters. The first-order chi connectivity index (χ1) is 10.9. The highest BCUT2D eigenvalue weighted by Gasteiger charge is 2.26. The van der Waals surface area contributed by atoms with Gasteiger partial charge >= 0.3 is 0 Å².